The maximum Gasteiger partial charge on any atom is 0.343 e. The Labute approximate surface area is 384 Å². The van der Waals surface area contributed by atoms with Crippen molar-refractivity contribution in [2.45, 2.75) is 24.9 Å². The summed E-state index contributed by atoms with van der Waals surface area (Å²) < 4.78 is 22.4. The van der Waals surface area contributed by atoms with Crippen LogP contribution in [0.1, 0.15) is 54.3 Å². The Morgan fingerprint density at radius 2 is 0.864 bits per heavy atom. The minimum Gasteiger partial charge on any atom is -0.489 e. The summed E-state index contributed by atoms with van der Waals surface area (Å²) in [5.41, 5.74) is 10.8. The van der Waals surface area contributed by atoms with Crippen LogP contribution in [0.4, 0.5) is 11.4 Å². The molecule has 4 aromatic rings. The Morgan fingerprint density at radius 1 is 0.530 bits per heavy atom. The lowest BCUT2D eigenvalue weighted by atomic mass is 10.1. The molecule has 0 aliphatic rings. The number of nitrogens with one attached hydrogen (secondary N) is 6. The molecule has 24 nitrogen and oxygen atoms in total. The first kappa shape index (κ1) is 53.5. The lowest BCUT2D eigenvalue weighted by Gasteiger charge is -2.18. The number of ether oxygens (including phenoxy) is 4. The number of nitrogens with two attached hydrogens (primary N) is 2. The molecule has 14 N–H and O–H groups in total. The van der Waals surface area contributed by atoms with Crippen molar-refractivity contribution in [3.8, 4) is 23.0 Å². The summed E-state index contributed by atoms with van der Waals surface area (Å²) in [5, 5.41) is 61.2. The maximum atomic E-state index is 13.3. The lowest BCUT2D eigenvalue weighted by molar-refractivity contribution is -0.145. The van der Waals surface area contributed by atoms with Crippen LogP contribution in [0, 0.1) is 10.8 Å². The molecule has 0 saturated carbocycles. The lowest BCUT2D eigenvalue weighted by Crippen LogP contribution is -2.42. The molecule has 0 aliphatic heterocycles. The number of carbonyl (C=O) groups excluding carboxylic acids is 4. The fourth-order valence-electron chi connectivity index (χ4n) is 5.29. The molecular weight excluding hydrogens is 919 g/mol. The number of carbonyl (C=O) groups is 8. The standard InChI is InChI=1S/C40H38N8O16.2ClH/c41-39(42)45-21-5-1-19(2-6-21)37(59)63-23-9-11-25(33(53)47-27(35(55)56)17-31(49)50)29(15-23)61-13-14-62-30-16-24(64-38(60)20-3-7-22(8-4-20)46-40(43)44)10-12-26(30)34(54)48-28(36(57)58)18-32(51)52;;/h1-12,15-16,27-28H,13-14,17-18H2,(H,47,53)(H,48,54)(H,49,50)(H,51,52)(H,55,56)(H,57,58)(H4,41,42,45)(H4,43,44,46);2*1H/t27-,28-;;/m1../s1. The first-order valence-corrected chi connectivity index (χ1v) is 18.2. The van der Waals surface area contributed by atoms with Crippen LogP contribution in [0.5, 0.6) is 23.0 Å². The van der Waals surface area contributed by atoms with Crippen molar-refractivity contribution in [3.63, 3.8) is 0 Å². The van der Waals surface area contributed by atoms with Gasteiger partial charge in [-0.2, -0.15) is 0 Å². The molecule has 4 rings (SSSR count). The number of hydrogen-bond donors (Lipinski definition) is 12. The summed E-state index contributed by atoms with van der Waals surface area (Å²) in [6.45, 7) is -0.996. The van der Waals surface area contributed by atoms with E-state index in [1.807, 2.05) is 0 Å². The molecule has 0 aliphatic carbocycles. The first-order valence-electron chi connectivity index (χ1n) is 18.2. The number of guanidine groups is 2. The average Bonchev–Trinajstić information content (AvgIpc) is 3.21. The Hall–Kier alpha value is -8.64. The third kappa shape index (κ3) is 16.2. The molecule has 66 heavy (non-hydrogen) atoms. The van der Waals surface area contributed by atoms with Crippen molar-refractivity contribution in [2.75, 3.05) is 23.8 Å². The van der Waals surface area contributed by atoms with E-state index >= 15 is 0 Å². The molecule has 0 spiro atoms. The predicted molar refractivity (Wildman–Crippen MR) is 235 cm³/mol. The van der Waals surface area contributed by atoms with Gasteiger partial charge in [0.1, 0.15) is 48.3 Å². The molecular formula is C40H40Cl2N8O16. The van der Waals surface area contributed by atoms with E-state index in [2.05, 4.69) is 21.3 Å². The Morgan fingerprint density at radius 3 is 1.15 bits per heavy atom. The summed E-state index contributed by atoms with van der Waals surface area (Å²) in [6.07, 6.45) is -1.97. The summed E-state index contributed by atoms with van der Waals surface area (Å²) in [4.78, 5) is 98.5. The SMILES string of the molecule is Cl.Cl.N=C(N)Nc1ccc(C(=O)Oc2ccc(C(=O)N[C@H](CC(=O)O)C(=O)O)c(OCCOc3cc(OC(=O)c4ccc(NC(=N)N)cc4)ccc3C(=O)N[C@H](CC(=O)O)C(=O)O)c2)cc1. The highest BCUT2D eigenvalue weighted by Gasteiger charge is 2.27. The quantitative estimate of drug-likeness (QED) is 0.0187. The molecule has 0 unspecified atom stereocenters. The van der Waals surface area contributed by atoms with Crippen LogP contribution < -0.4 is 51.7 Å². The zero-order chi connectivity index (χ0) is 47.1. The Bertz CT molecular complexity index is 2320. The van der Waals surface area contributed by atoms with Crippen LogP contribution in [0.15, 0.2) is 84.9 Å². The number of amides is 2. The van der Waals surface area contributed by atoms with E-state index in [9.17, 15) is 48.6 Å². The van der Waals surface area contributed by atoms with E-state index in [1.54, 1.807) is 0 Å². The number of hydrogen-bond acceptors (Lipinski definition) is 14. The van der Waals surface area contributed by atoms with Crippen LogP contribution in [0.25, 0.3) is 0 Å². The molecule has 2 atom stereocenters. The normalized spacial score (nSPS) is 11.0. The minimum atomic E-state index is -1.87. The predicted octanol–water partition coefficient (Wildman–Crippen LogP) is 2.35. The van der Waals surface area contributed by atoms with Gasteiger partial charge in [-0.15, -0.1) is 24.8 Å². The monoisotopic (exact) mass is 958 g/mol. The summed E-state index contributed by atoms with van der Waals surface area (Å²) >= 11 is 0. The summed E-state index contributed by atoms with van der Waals surface area (Å²) in [7, 11) is 0. The van der Waals surface area contributed by atoms with Gasteiger partial charge in [-0.3, -0.25) is 30.0 Å². The van der Waals surface area contributed by atoms with Gasteiger partial charge in [0.2, 0.25) is 0 Å². The van der Waals surface area contributed by atoms with E-state index < -0.39 is 85.8 Å². The maximum absolute atomic E-state index is 13.3. The summed E-state index contributed by atoms with van der Waals surface area (Å²) in [6, 6.07) is 14.2. The number of anilines is 2. The van der Waals surface area contributed by atoms with Gasteiger partial charge >= 0.3 is 35.8 Å². The van der Waals surface area contributed by atoms with Crippen LogP contribution in [0.2, 0.25) is 0 Å². The molecule has 0 bridgehead atoms. The van der Waals surface area contributed by atoms with E-state index in [-0.39, 0.29) is 82.0 Å². The molecule has 0 saturated heterocycles. The second kappa shape index (κ2) is 24.9. The highest BCUT2D eigenvalue weighted by molar-refractivity contribution is 6.01. The van der Waals surface area contributed by atoms with E-state index in [4.69, 9.17) is 51.4 Å². The third-order valence-electron chi connectivity index (χ3n) is 8.18. The van der Waals surface area contributed by atoms with Crippen molar-refractivity contribution < 1.29 is 77.7 Å². The van der Waals surface area contributed by atoms with Gasteiger partial charge in [0.15, 0.2) is 11.9 Å². The number of carboxylic acid groups (broad SMARTS) is 4. The van der Waals surface area contributed by atoms with Crippen LogP contribution in [-0.2, 0) is 19.2 Å². The molecule has 0 fully saturated rings. The Kier molecular flexibility index (Phi) is 20.1. The van der Waals surface area contributed by atoms with E-state index in [0.717, 1.165) is 24.3 Å². The van der Waals surface area contributed by atoms with Crippen molar-refractivity contribution in [1.29, 1.82) is 10.8 Å². The van der Waals surface area contributed by atoms with Crippen molar-refractivity contribution in [3.05, 3.63) is 107 Å². The molecule has 0 heterocycles. The Balaban J connectivity index is 0.00000748. The van der Waals surface area contributed by atoms with Crippen molar-refractivity contribution >= 4 is 95.7 Å². The van der Waals surface area contributed by atoms with E-state index in [0.29, 0.717) is 11.4 Å². The zero-order valence-electron chi connectivity index (χ0n) is 33.7. The van der Waals surface area contributed by atoms with Crippen molar-refractivity contribution in [2.24, 2.45) is 11.5 Å². The molecule has 2 amide bonds. The first-order chi connectivity index (χ1) is 30.3. The highest BCUT2D eigenvalue weighted by Crippen LogP contribution is 2.29. The second-order valence-corrected chi connectivity index (χ2v) is 12.9. The number of carboxylic acids is 4. The topological polar surface area (TPSA) is 402 Å². The van der Waals surface area contributed by atoms with Crippen LogP contribution in [-0.4, -0.2) is 105 Å². The molecule has 350 valence electrons. The van der Waals surface area contributed by atoms with Crippen molar-refractivity contribution in [1.82, 2.24) is 10.6 Å². The summed E-state index contributed by atoms with van der Waals surface area (Å²) in [5.74, 6) is -12.1. The second-order valence-electron chi connectivity index (χ2n) is 12.9. The van der Waals surface area contributed by atoms with Gasteiger partial charge in [-0.05, 0) is 72.8 Å². The number of benzene rings is 4. The zero-order valence-corrected chi connectivity index (χ0v) is 35.4. The van der Waals surface area contributed by atoms with E-state index in [1.165, 1.54) is 60.7 Å². The molecule has 4 aromatic carbocycles. The number of esters is 2. The smallest absolute Gasteiger partial charge is 0.343 e. The van der Waals surface area contributed by atoms with Gasteiger partial charge in [-0.25, -0.2) is 19.2 Å². The molecule has 0 aromatic heterocycles. The van der Waals surface area contributed by atoms with Crippen LogP contribution >= 0.6 is 24.8 Å². The van der Waals surface area contributed by atoms with Gasteiger partial charge < -0.3 is 72.1 Å². The van der Waals surface area contributed by atoms with Crippen LogP contribution in [0.3, 0.4) is 0 Å². The fourth-order valence-corrected chi connectivity index (χ4v) is 5.29. The minimum absolute atomic E-state index is 0. The molecule has 26 heteroatoms. The highest BCUT2D eigenvalue weighted by atomic mass is 35.5. The third-order valence-corrected chi connectivity index (χ3v) is 8.18. The van der Waals surface area contributed by atoms with Gasteiger partial charge in [0, 0.05) is 23.5 Å². The number of aliphatic carboxylic acids is 4. The fraction of sp³-hybridized carbons (Fsp3) is 0.150. The van der Waals surface area contributed by atoms with Gasteiger partial charge in [0.05, 0.1) is 35.1 Å². The largest absolute Gasteiger partial charge is 0.489 e. The average molecular weight is 960 g/mol. The van der Waals surface area contributed by atoms with Gasteiger partial charge in [0.25, 0.3) is 11.8 Å². The van der Waals surface area contributed by atoms with Gasteiger partial charge in [-0.1, -0.05) is 0 Å². The number of halogens is 2. The molecule has 0 radical (unpaired) electrons. The number of rotatable bonds is 21.